The number of nitrogens with zero attached hydrogens (tertiary/aromatic N) is 3. The quantitative estimate of drug-likeness (QED) is 0.255. The molecule has 196 valence electrons. The van der Waals surface area contributed by atoms with Crippen LogP contribution in [0.2, 0.25) is 0 Å². The maximum Gasteiger partial charge on any atom is 0.338 e. The monoisotopic (exact) mass is 577 g/mol. The van der Waals surface area contributed by atoms with Crippen molar-refractivity contribution < 1.29 is 18.3 Å². The van der Waals surface area contributed by atoms with Gasteiger partial charge in [0, 0.05) is 6.08 Å². The number of thiazole rings is 2. The minimum absolute atomic E-state index is 0.173. The van der Waals surface area contributed by atoms with Crippen molar-refractivity contribution in [3.8, 4) is 0 Å². The van der Waals surface area contributed by atoms with E-state index in [4.69, 9.17) is 9.15 Å². The zero-order valence-electron chi connectivity index (χ0n) is 20.7. The number of hydrogen-bond donors (Lipinski definition) is 0. The molecule has 1 aliphatic rings. The molecule has 0 saturated carbocycles. The first kappa shape index (κ1) is 25.5. The molecular formula is C28H20FN3O4S3. The van der Waals surface area contributed by atoms with Crippen LogP contribution < -0.4 is 14.9 Å². The minimum Gasteiger partial charge on any atom is -0.463 e. The second kappa shape index (κ2) is 10.4. The smallest absolute Gasteiger partial charge is 0.338 e. The summed E-state index contributed by atoms with van der Waals surface area (Å²) in [6, 6.07) is 16.5. The lowest BCUT2D eigenvalue weighted by molar-refractivity contribution is -0.139. The van der Waals surface area contributed by atoms with E-state index < -0.39 is 17.8 Å². The van der Waals surface area contributed by atoms with Gasteiger partial charge in [0.25, 0.3) is 5.56 Å². The molecule has 7 nitrogen and oxygen atoms in total. The Balaban J connectivity index is 1.39. The number of hydrogen-bond acceptors (Lipinski definition) is 9. The Kier molecular flexibility index (Phi) is 6.79. The number of fused-ring (bicyclic) bond motifs is 2. The van der Waals surface area contributed by atoms with E-state index in [-0.39, 0.29) is 17.7 Å². The van der Waals surface area contributed by atoms with Crippen LogP contribution in [-0.2, 0) is 9.53 Å². The Morgan fingerprint density at radius 1 is 1.15 bits per heavy atom. The van der Waals surface area contributed by atoms with E-state index in [1.54, 1.807) is 49.5 Å². The van der Waals surface area contributed by atoms with E-state index >= 15 is 0 Å². The van der Waals surface area contributed by atoms with Gasteiger partial charge >= 0.3 is 5.97 Å². The number of rotatable bonds is 6. The van der Waals surface area contributed by atoms with Crippen molar-refractivity contribution in [2.24, 2.45) is 4.99 Å². The number of para-hydroxylation sites is 1. The molecule has 0 N–H and O–H groups in total. The molecule has 2 aromatic carbocycles. The first-order chi connectivity index (χ1) is 18.9. The average Bonchev–Trinajstić information content (AvgIpc) is 3.61. The fourth-order valence-corrected chi connectivity index (χ4v) is 7.32. The molecule has 5 aromatic rings. The summed E-state index contributed by atoms with van der Waals surface area (Å²) in [6.07, 6.45) is 1.66. The predicted octanol–water partition coefficient (Wildman–Crippen LogP) is 5.29. The van der Waals surface area contributed by atoms with Gasteiger partial charge in [0.05, 0.1) is 38.7 Å². The Bertz CT molecular complexity index is 1900. The lowest BCUT2D eigenvalue weighted by Gasteiger charge is -2.24. The van der Waals surface area contributed by atoms with Crippen LogP contribution in [0.5, 0.6) is 0 Å². The van der Waals surface area contributed by atoms with Crippen LogP contribution in [0.15, 0.2) is 95.6 Å². The number of carbonyl (C=O) groups excluding carboxylic acids is 1. The fraction of sp³-hybridized carbons (Fsp3) is 0.143. The molecule has 0 bridgehead atoms. The normalized spacial score (nSPS) is 15.5. The number of benzene rings is 2. The third kappa shape index (κ3) is 4.88. The molecular weight excluding hydrogens is 558 g/mol. The largest absolute Gasteiger partial charge is 0.463 e. The number of allylic oxidation sites excluding steroid dienone is 1. The molecule has 0 aliphatic carbocycles. The van der Waals surface area contributed by atoms with Gasteiger partial charge in [0.15, 0.2) is 14.2 Å². The number of carbonyl (C=O) groups is 1. The van der Waals surface area contributed by atoms with Crippen molar-refractivity contribution in [1.29, 1.82) is 0 Å². The van der Waals surface area contributed by atoms with Gasteiger partial charge in [-0.15, -0.1) is 11.3 Å². The third-order valence-corrected chi connectivity index (χ3v) is 9.04. The topological polar surface area (TPSA) is 86.7 Å². The second-order valence-electron chi connectivity index (χ2n) is 8.56. The van der Waals surface area contributed by atoms with Gasteiger partial charge in [-0.05, 0) is 67.6 Å². The van der Waals surface area contributed by atoms with Crippen molar-refractivity contribution in [3.63, 3.8) is 0 Å². The van der Waals surface area contributed by atoms with Gasteiger partial charge in [0.1, 0.15) is 11.6 Å². The maximum absolute atomic E-state index is 13.7. The molecule has 0 spiro atoms. The summed E-state index contributed by atoms with van der Waals surface area (Å²) in [5.41, 5.74) is 1.87. The molecule has 4 heterocycles. The summed E-state index contributed by atoms with van der Waals surface area (Å²) in [7, 11) is 0. The summed E-state index contributed by atoms with van der Waals surface area (Å²) in [6.45, 7) is 3.59. The number of furan rings is 1. The number of aromatic nitrogens is 2. The van der Waals surface area contributed by atoms with Crippen LogP contribution in [0.25, 0.3) is 16.3 Å². The number of esters is 1. The second-order valence-corrected chi connectivity index (χ2v) is 11.9. The van der Waals surface area contributed by atoms with Crippen molar-refractivity contribution in [2.75, 3.05) is 6.61 Å². The average molecular weight is 578 g/mol. The van der Waals surface area contributed by atoms with Crippen molar-refractivity contribution >= 4 is 56.7 Å². The van der Waals surface area contributed by atoms with Crippen molar-refractivity contribution in [2.45, 2.75) is 29.3 Å². The zero-order valence-corrected chi connectivity index (χ0v) is 23.2. The molecule has 3 aromatic heterocycles. The van der Waals surface area contributed by atoms with E-state index in [9.17, 15) is 14.0 Å². The SMILES string of the molecule is CCOC(=O)C1=C(C)N=c2s/c(=C\c3ccc(Sc4nc5ccccc5s4)o3)c(=O)n2C1c1ccc(F)cc1. The van der Waals surface area contributed by atoms with E-state index in [0.29, 0.717) is 31.4 Å². The fourth-order valence-electron chi connectivity index (χ4n) is 4.33. The van der Waals surface area contributed by atoms with Crippen LogP contribution in [0.1, 0.15) is 31.2 Å². The van der Waals surface area contributed by atoms with E-state index in [0.717, 1.165) is 14.6 Å². The summed E-state index contributed by atoms with van der Waals surface area (Å²) in [5, 5.41) is 0.651. The highest BCUT2D eigenvalue weighted by atomic mass is 32.2. The molecule has 0 saturated heterocycles. The number of halogens is 1. The summed E-state index contributed by atoms with van der Waals surface area (Å²) < 4.78 is 28.8. The van der Waals surface area contributed by atoms with E-state index in [1.165, 1.54) is 39.8 Å². The van der Waals surface area contributed by atoms with Gasteiger partial charge < -0.3 is 9.15 Å². The lowest BCUT2D eigenvalue weighted by Crippen LogP contribution is -2.39. The molecule has 1 aliphatic heterocycles. The highest BCUT2D eigenvalue weighted by Crippen LogP contribution is 2.35. The Morgan fingerprint density at radius 3 is 2.72 bits per heavy atom. The standard InChI is InChI=1S/C28H20FN3O4S3/c1-3-35-26(34)23-15(2)30-27-32(24(23)16-8-10-17(29)11-9-16)25(33)21(37-27)14-18-12-13-22(36-18)39-28-31-19-6-4-5-7-20(19)38-28/h4-14,24H,3H2,1-2H3/b21-14-. The van der Waals surface area contributed by atoms with Crippen molar-refractivity contribution in [3.05, 3.63) is 109 Å². The van der Waals surface area contributed by atoms with Gasteiger partial charge in [-0.1, -0.05) is 35.6 Å². The molecule has 6 rings (SSSR count). The first-order valence-corrected chi connectivity index (χ1v) is 14.4. The molecule has 1 unspecified atom stereocenters. The van der Waals surface area contributed by atoms with Crippen LogP contribution >= 0.6 is 34.4 Å². The minimum atomic E-state index is -0.801. The van der Waals surface area contributed by atoms with E-state index in [1.807, 2.05) is 30.3 Å². The highest BCUT2D eigenvalue weighted by Gasteiger charge is 2.33. The van der Waals surface area contributed by atoms with Crippen molar-refractivity contribution in [1.82, 2.24) is 9.55 Å². The molecule has 39 heavy (non-hydrogen) atoms. The van der Waals surface area contributed by atoms with Crippen LogP contribution in [0.3, 0.4) is 0 Å². The third-order valence-electron chi connectivity index (χ3n) is 6.04. The molecule has 0 fully saturated rings. The molecule has 0 radical (unpaired) electrons. The molecule has 1 atom stereocenters. The summed E-state index contributed by atoms with van der Waals surface area (Å²) in [4.78, 5) is 36.2. The lowest BCUT2D eigenvalue weighted by atomic mass is 9.96. The van der Waals surface area contributed by atoms with Gasteiger partial charge in [-0.2, -0.15) is 0 Å². The first-order valence-electron chi connectivity index (χ1n) is 12.0. The molecule has 11 heteroatoms. The van der Waals surface area contributed by atoms with E-state index in [2.05, 4.69) is 9.98 Å². The zero-order chi connectivity index (χ0) is 27.1. The van der Waals surface area contributed by atoms with Gasteiger partial charge in [0.2, 0.25) is 0 Å². The van der Waals surface area contributed by atoms with Gasteiger partial charge in [-0.3, -0.25) is 9.36 Å². The Morgan fingerprint density at radius 2 is 1.95 bits per heavy atom. The molecule has 0 amide bonds. The van der Waals surface area contributed by atoms with Crippen LogP contribution in [0, 0.1) is 5.82 Å². The van der Waals surface area contributed by atoms with Crippen LogP contribution in [0.4, 0.5) is 4.39 Å². The Labute approximate surface area is 233 Å². The number of ether oxygens (including phenoxy) is 1. The predicted molar refractivity (Wildman–Crippen MR) is 149 cm³/mol. The highest BCUT2D eigenvalue weighted by molar-refractivity contribution is 8.01. The van der Waals surface area contributed by atoms with Gasteiger partial charge in [-0.25, -0.2) is 19.2 Å². The summed E-state index contributed by atoms with van der Waals surface area (Å²) in [5.74, 6) is -0.477. The Hall–Kier alpha value is -3.80. The maximum atomic E-state index is 13.7. The van der Waals surface area contributed by atoms with Crippen LogP contribution in [-0.4, -0.2) is 22.1 Å². The summed E-state index contributed by atoms with van der Waals surface area (Å²) >= 11 is 4.20.